The number of aromatic nitrogens is 1. The fourth-order valence-electron chi connectivity index (χ4n) is 3.11. The van der Waals surface area contributed by atoms with Gasteiger partial charge >= 0.3 is 0 Å². The summed E-state index contributed by atoms with van der Waals surface area (Å²) in [4.78, 5) is 40.0. The molecule has 0 saturated heterocycles. The Hall–Kier alpha value is -4.59. The number of nitrogens with one attached hydrogen (secondary N) is 2. The number of amides is 2. The number of rotatable bonds is 4. The number of carbonyl (C=O) groups is 2. The first-order chi connectivity index (χ1) is 15.0. The fourth-order valence-corrected chi connectivity index (χ4v) is 3.11. The third kappa shape index (κ3) is 4.23. The van der Waals surface area contributed by atoms with Gasteiger partial charge in [-0.05, 0) is 24.3 Å². The van der Waals surface area contributed by atoms with Crippen LogP contribution in [0.4, 0.5) is 5.69 Å². The van der Waals surface area contributed by atoms with Crippen molar-refractivity contribution in [2.75, 3.05) is 0 Å². The minimum absolute atomic E-state index is 0.128. The minimum atomic E-state index is -0.593. The molecule has 1 aromatic heterocycles. The topological polar surface area (TPSA) is 114 Å². The summed E-state index contributed by atoms with van der Waals surface area (Å²) in [5.74, 6) is -1.10. The normalized spacial score (nSPS) is 10.5. The van der Waals surface area contributed by atoms with Gasteiger partial charge in [0.25, 0.3) is 17.5 Å². The molecule has 152 valence electrons. The van der Waals surface area contributed by atoms with E-state index in [1.54, 1.807) is 18.2 Å². The highest BCUT2D eigenvalue weighted by Crippen LogP contribution is 2.24. The van der Waals surface area contributed by atoms with Crippen LogP contribution in [0.25, 0.3) is 22.2 Å². The molecular weight excluding hydrogens is 396 g/mol. The highest BCUT2D eigenvalue weighted by atomic mass is 16.6. The number of hydrogen-bond donors (Lipinski definition) is 2. The molecule has 0 aliphatic carbocycles. The number of para-hydroxylation sites is 1. The SMILES string of the molecule is O=C(NNC(=O)c1cc(-c2ccccc2)nc2ccccc12)c1ccc([N+](=O)[O-])cc1. The van der Waals surface area contributed by atoms with Gasteiger partial charge in [-0.2, -0.15) is 0 Å². The third-order valence-electron chi connectivity index (χ3n) is 4.66. The highest BCUT2D eigenvalue weighted by molar-refractivity contribution is 6.08. The molecule has 2 amide bonds. The number of nitro benzene ring substituents is 1. The van der Waals surface area contributed by atoms with Gasteiger partial charge in [-0.1, -0.05) is 48.5 Å². The lowest BCUT2D eigenvalue weighted by Crippen LogP contribution is -2.41. The van der Waals surface area contributed by atoms with Gasteiger partial charge in [0.15, 0.2) is 0 Å². The van der Waals surface area contributed by atoms with Gasteiger partial charge in [-0.3, -0.25) is 30.6 Å². The number of nitro groups is 1. The molecule has 0 bridgehead atoms. The van der Waals surface area contributed by atoms with E-state index in [1.165, 1.54) is 24.3 Å². The summed E-state index contributed by atoms with van der Waals surface area (Å²) in [6.07, 6.45) is 0. The Kier molecular flexibility index (Phi) is 5.35. The van der Waals surface area contributed by atoms with Crippen LogP contribution in [0.5, 0.6) is 0 Å². The molecule has 1 heterocycles. The van der Waals surface area contributed by atoms with Crippen LogP contribution in [0.15, 0.2) is 84.9 Å². The Bertz CT molecular complexity index is 1290. The van der Waals surface area contributed by atoms with E-state index in [-0.39, 0.29) is 11.3 Å². The molecule has 0 radical (unpaired) electrons. The maximum absolute atomic E-state index is 12.9. The largest absolute Gasteiger partial charge is 0.270 e. The summed E-state index contributed by atoms with van der Waals surface area (Å²) in [7, 11) is 0. The van der Waals surface area contributed by atoms with Crippen LogP contribution >= 0.6 is 0 Å². The molecule has 4 rings (SSSR count). The van der Waals surface area contributed by atoms with E-state index in [0.717, 1.165) is 5.56 Å². The second-order valence-corrected chi connectivity index (χ2v) is 6.65. The molecule has 4 aromatic rings. The van der Waals surface area contributed by atoms with Crippen LogP contribution < -0.4 is 10.9 Å². The van der Waals surface area contributed by atoms with Crippen molar-refractivity contribution in [1.82, 2.24) is 15.8 Å². The molecule has 0 atom stereocenters. The highest BCUT2D eigenvalue weighted by Gasteiger charge is 2.15. The van der Waals surface area contributed by atoms with Crippen LogP contribution in [-0.4, -0.2) is 21.7 Å². The second-order valence-electron chi connectivity index (χ2n) is 6.65. The Morgan fingerprint density at radius 3 is 2.16 bits per heavy atom. The molecule has 0 spiro atoms. The summed E-state index contributed by atoms with van der Waals surface area (Å²) >= 11 is 0. The van der Waals surface area contributed by atoms with Gasteiger partial charge in [0.2, 0.25) is 0 Å². The van der Waals surface area contributed by atoms with Gasteiger partial charge in [-0.25, -0.2) is 4.98 Å². The van der Waals surface area contributed by atoms with E-state index in [9.17, 15) is 19.7 Å². The number of non-ortho nitro benzene ring substituents is 1. The third-order valence-corrected chi connectivity index (χ3v) is 4.66. The second kappa shape index (κ2) is 8.42. The van der Waals surface area contributed by atoms with E-state index in [2.05, 4.69) is 15.8 Å². The Labute approximate surface area is 176 Å². The summed E-state index contributed by atoms with van der Waals surface area (Å²) in [5, 5.41) is 11.4. The maximum atomic E-state index is 12.9. The fraction of sp³-hybridized carbons (Fsp3) is 0. The summed E-state index contributed by atoms with van der Waals surface area (Å²) in [6.45, 7) is 0. The zero-order chi connectivity index (χ0) is 21.8. The monoisotopic (exact) mass is 412 g/mol. The number of carbonyl (C=O) groups excluding carboxylic acids is 2. The quantitative estimate of drug-likeness (QED) is 0.390. The number of nitrogens with zero attached hydrogens (tertiary/aromatic N) is 2. The van der Waals surface area contributed by atoms with Crippen LogP contribution in [0.2, 0.25) is 0 Å². The molecule has 8 nitrogen and oxygen atoms in total. The molecular formula is C23H16N4O4. The van der Waals surface area contributed by atoms with E-state index >= 15 is 0 Å². The number of hydrazine groups is 1. The van der Waals surface area contributed by atoms with Crippen LogP contribution in [0.3, 0.4) is 0 Å². The molecule has 0 aliphatic rings. The van der Waals surface area contributed by atoms with Crippen LogP contribution in [0, 0.1) is 10.1 Å². The lowest BCUT2D eigenvalue weighted by molar-refractivity contribution is -0.384. The molecule has 0 aliphatic heterocycles. The first-order valence-electron chi connectivity index (χ1n) is 9.33. The number of pyridine rings is 1. The molecule has 0 saturated carbocycles. The minimum Gasteiger partial charge on any atom is -0.267 e. The van der Waals surface area contributed by atoms with Crippen molar-refractivity contribution in [1.29, 1.82) is 0 Å². The van der Waals surface area contributed by atoms with E-state index in [1.807, 2.05) is 42.5 Å². The van der Waals surface area contributed by atoms with Crippen molar-refractivity contribution < 1.29 is 14.5 Å². The van der Waals surface area contributed by atoms with Crippen molar-refractivity contribution >= 4 is 28.4 Å². The van der Waals surface area contributed by atoms with E-state index in [0.29, 0.717) is 22.2 Å². The van der Waals surface area contributed by atoms with Gasteiger partial charge in [0, 0.05) is 28.6 Å². The lowest BCUT2D eigenvalue weighted by atomic mass is 10.0. The van der Waals surface area contributed by atoms with Crippen LogP contribution in [0.1, 0.15) is 20.7 Å². The maximum Gasteiger partial charge on any atom is 0.270 e. The van der Waals surface area contributed by atoms with Crippen molar-refractivity contribution in [2.24, 2.45) is 0 Å². The van der Waals surface area contributed by atoms with Crippen molar-refractivity contribution in [3.05, 3.63) is 106 Å². The van der Waals surface area contributed by atoms with E-state index in [4.69, 9.17) is 0 Å². The Morgan fingerprint density at radius 2 is 1.45 bits per heavy atom. The molecule has 0 unspecified atom stereocenters. The smallest absolute Gasteiger partial charge is 0.267 e. The van der Waals surface area contributed by atoms with Crippen molar-refractivity contribution in [3.63, 3.8) is 0 Å². The lowest BCUT2D eigenvalue weighted by Gasteiger charge is -2.11. The summed E-state index contributed by atoms with van der Waals surface area (Å²) in [5.41, 5.74) is 7.29. The number of fused-ring (bicyclic) bond motifs is 1. The average Bonchev–Trinajstić information content (AvgIpc) is 2.82. The van der Waals surface area contributed by atoms with Crippen molar-refractivity contribution in [3.8, 4) is 11.3 Å². The summed E-state index contributed by atoms with van der Waals surface area (Å²) < 4.78 is 0. The molecule has 2 N–H and O–H groups in total. The zero-order valence-electron chi connectivity index (χ0n) is 16.1. The first kappa shape index (κ1) is 19.7. The predicted octanol–water partition coefficient (Wildman–Crippen LogP) is 3.88. The molecule has 31 heavy (non-hydrogen) atoms. The first-order valence-corrected chi connectivity index (χ1v) is 9.33. The Balaban J connectivity index is 1.58. The predicted molar refractivity (Wildman–Crippen MR) is 115 cm³/mol. The number of hydrogen-bond acceptors (Lipinski definition) is 5. The molecule has 0 fully saturated rings. The van der Waals surface area contributed by atoms with Crippen molar-refractivity contribution in [2.45, 2.75) is 0 Å². The standard InChI is InChI=1S/C23H16N4O4/c28-22(16-10-12-17(13-11-16)27(30)31)25-26-23(29)19-14-21(15-6-2-1-3-7-15)24-20-9-5-4-8-18(19)20/h1-14H,(H,25,28)(H,26,29). The summed E-state index contributed by atoms with van der Waals surface area (Å²) in [6, 6.07) is 23.4. The van der Waals surface area contributed by atoms with Gasteiger partial charge in [-0.15, -0.1) is 0 Å². The average molecular weight is 412 g/mol. The van der Waals surface area contributed by atoms with Crippen LogP contribution in [-0.2, 0) is 0 Å². The number of benzene rings is 3. The van der Waals surface area contributed by atoms with E-state index < -0.39 is 16.7 Å². The molecule has 8 heteroatoms. The zero-order valence-corrected chi connectivity index (χ0v) is 16.1. The van der Waals surface area contributed by atoms with Gasteiger partial charge in [0.05, 0.1) is 21.7 Å². The molecule has 3 aromatic carbocycles. The van der Waals surface area contributed by atoms with Gasteiger partial charge in [0.1, 0.15) is 0 Å². The van der Waals surface area contributed by atoms with Gasteiger partial charge < -0.3 is 0 Å². The Morgan fingerprint density at radius 1 is 0.806 bits per heavy atom.